The molecule has 1 N–H and O–H groups in total. The second-order valence-corrected chi connectivity index (χ2v) is 6.47. The number of carbonyl (C=O) groups is 1. The molecule has 0 aliphatic heterocycles. The molecule has 1 amide bonds. The summed E-state index contributed by atoms with van der Waals surface area (Å²) < 4.78 is 7.49. The van der Waals surface area contributed by atoms with Crippen LogP contribution in [0.2, 0.25) is 0 Å². The van der Waals surface area contributed by atoms with Crippen molar-refractivity contribution in [1.82, 2.24) is 9.78 Å². The van der Waals surface area contributed by atoms with E-state index in [2.05, 4.69) is 17.3 Å². The standard InChI is InChI=1S/C22H25N3O2/c1-4-5-15-27-20-13-11-18(12-14-20)22(26)23-21-16(2)24-25(17(21)3)19-9-7-6-8-10-19/h6-14H,4-5,15H2,1-3H3,(H,23,26). The van der Waals surface area contributed by atoms with Gasteiger partial charge in [-0.2, -0.15) is 5.10 Å². The van der Waals surface area contributed by atoms with Crippen LogP contribution in [0.1, 0.15) is 41.5 Å². The maximum Gasteiger partial charge on any atom is 0.255 e. The number of unbranched alkanes of at least 4 members (excludes halogenated alkanes) is 1. The number of hydrogen-bond acceptors (Lipinski definition) is 3. The van der Waals surface area contributed by atoms with Crippen molar-refractivity contribution >= 4 is 11.6 Å². The minimum Gasteiger partial charge on any atom is -0.494 e. The van der Waals surface area contributed by atoms with Crippen molar-refractivity contribution in [3.8, 4) is 11.4 Å². The van der Waals surface area contributed by atoms with Crippen molar-refractivity contribution in [2.24, 2.45) is 0 Å². The molecule has 0 saturated heterocycles. The fraction of sp³-hybridized carbons (Fsp3) is 0.273. The lowest BCUT2D eigenvalue weighted by atomic mass is 10.2. The van der Waals surface area contributed by atoms with Crippen LogP contribution in [0.15, 0.2) is 54.6 Å². The van der Waals surface area contributed by atoms with E-state index in [4.69, 9.17) is 4.74 Å². The zero-order valence-electron chi connectivity index (χ0n) is 16.0. The summed E-state index contributed by atoms with van der Waals surface area (Å²) >= 11 is 0. The highest BCUT2D eigenvalue weighted by atomic mass is 16.5. The molecule has 2 aromatic carbocycles. The fourth-order valence-electron chi connectivity index (χ4n) is 2.87. The Balaban J connectivity index is 1.74. The molecule has 0 bridgehead atoms. The van der Waals surface area contributed by atoms with E-state index in [1.165, 1.54) is 0 Å². The Labute approximate surface area is 160 Å². The molecule has 140 valence electrons. The molecular weight excluding hydrogens is 338 g/mol. The minimum atomic E-state index is -0.158. The Kier molecular flexibility index (Phi) is 5.91. The molecule has 0 unspecified atom stereocenters. The van der Waals surface area contributed by atoms with Crippen molar-refractivity contribution in [2.75, 3.05) is 11.9 Å². The van der Waals surface area contributed by atoms with Gasteiger partial charge < -0.3 is 10.1 Å². The highest BCUT2D eigenvalue weighted by Crippen LogP contribution is 2.23. The van der Waals surface area contributed by atoms with Crippen molar-refractivity contribution in [3.05, 3.63) is 71.5 Å². The van der Waals surface area contributed by atoms with Gasteiger partial charge in [-0.1, -0.05) is 31.5 Å². The summed E-state index contributed by atoms with van der Waals surface area (Å²) in [4.78, 5) is 12.6. The van der Waals surface area contributed by atoms with Crippen molar-refractivity contribution in [2.45, 2.75) is 33.6 Å². The summed E-state index contributed by atoms with van der Waals surface area (Å²) in [6.07, 6.45) is 2.11. The van der Waals surface area contributed by atoms with Gasteiger partial charge in [0, 0.05) is 5.56 Å². The van der Waals surface area contributed by atoms with Gasteiger partial charge in [0.25, 0.3) is 5.91 Å². The Bertz CT molecular complexity index is 899. The number of aromatic nitrogens is 2. The zero-order valence-corrected chi connectivity index (χ0v) is 16.0. The van der Waals surface area contributed by atoms with Gasteiger partial charge in [0.1, 0.15) is 5.75 Å². The quantitative estimate of drug-likeness (QED) is 0.606. The number of ether oxygens (including phenoxy) is 1. The topological polar surface area (TPSA) is 56.1 Å². The molecule has 0 saturated carbocycles. The molecule has 3 aromatic rings. The third-order valence-electron chi connectivity index (χ3n) is 4.41. The molecule has 5 nitrogen and oxygen atoms in total. The van der Waals surface area contributed by atoms with Crippen molar-refractivity contribution in [1.29, 1.82) is 0 Å². The summed E-state index contributed by atoms with van der Waals surface area (Å²) in [6, 6.07) is 17.1. The van der Waals surface area contributed by atoms with Crippen LogP contribution in [0, 0.1) is 13.8 Å². The van der Waals surface area contributed by atoms with Gasteiger partial charge in [-0.25, -0.2) is 4.68 Å². The van der Waals surface area contributed by atoms with E-state index in [1.807, 2.05) is 61.0 Å². The maximum absolute atomic E-state index is 12.6. The predicted octanol–water partition coefficient (Wildman–Crippen LogP) is 4.92. The van der Waals surface area contributed by atoms with E-state index in [0.29, 0.717) is 12.2 Å². The molecule has 27 heavy (non-hydrogen) atoms. The maximum atomic E-state index is 12.6. The van der Waals surface area contributed by atoms with Crippen LogP contribution in [-0.2, 0) is 0 Å². The molecule has 0 aliphatic carbocycles. The number of aryl methyl sites for hydroxylation is 1. The molecule has 1 heterocycles. The van der Waals surface area contributed by atoms with Crippen molar-refractivity contribution < 1.29 is 9.53 Å². The number of carbonyl (C=O) groups excluding carboxylic acids is 1. The summed E-state index contributed by atoms with van der Waals surface area (Å²) in [5.41, 5.74) is 3.97. The lowest BCUT2D eigenvalue weighted by Gasteiger charge is -2.08. The summed E-state index contributed by atoms with van der Waals surface area (Å²) in [7, 11) is 0. The van der Waals surface area contributed by atoms with Crippen LogP contribution < -0.4 is 10.1 Å². The molecule has 3 rings (SSSR count). The number of hydrogen-bond donors (Lipinski definition) is 1. The normalized spacial score (nSPS) is 10.6. The molecule has 0 radical (unpaired) electrons. The Morgan fingerprint density at radius 3 is 2.44 bits per heavy atom. The molecule has 0 fully saturated rings. The van der Waals surface area contributed by atoms with E-state index in [1.54, 1.807) is 12.1 Å². The largest absolute Gasteiger partial charge is 0.494 e. The third-order valence-corrected chi connectivity index (χ3v) is 4.41. The lowest BCUT2D eigenvalue weighted by Crippen LogP contribution is -2.13. The van der Waals surface area contributed by atoms with E-state index in [0.717, 1.165) is 41.4 Å². The smallest absolute Gasteiger partial charge is 0.255 e. The van der Waals surface area contributed by atoms with Gasteiger partial charge in [0.15, 0.2) is 0 Å². The Morgan fingerprint density at radius 2 is 1.78 bits per heavy atom. The predicted molar refractivity (Wildman–Crippen MR) is 108 cm³/mol. The van der Waals surface area contributed by atoms with Crippen LogP contribution in [0.5, 0.6) is 5.75 Å². The summed E-state index contributed by atoms with van der Waals surface area (Å²) in [6.45, 7) is 6.67. The first-order chi connectivity index (χ1) is 13.1. The molecular formula is C22H25N3O2. The highest BCUT2D eigenvalue weighted by molar-refractivity contribution is 6.05. The molecule has 1 aromatic heterocycles. The average molecular weight is 363 g/mol. The van der Waals surface area contributed by atoms with E-state index in [9.17, 15) is 4.79 Å². The van der Waals surface area contributed by atoms with E-state index in [-0.39, 0.29) is 5.91 Å². The first-order valence-corrected chi connectivity index (χ1v) is 9.26. The molecule has 0 aliphatic rings. The number of benzene rings is 2. The number of anilines is 1. The first-order valence-electron chi connectivity index (χ1n) is 9.26. The van der Waals surface area contributed by atoms with Gasteiger partial charge in [-0.15, -0.1) is 0 Å². The van der Waals surface area contributed by atoms with Crippen LogP contribution in [0.3, 0.4) is 0 Å². The zero-order chi connectivity index (χ0) is 19.2. The third kappa shape index (κ3) is 4.37. The van der Waals surface area contributed by atoms with E-state index < -0.39 is 0 Å². The molecule has 0 atom stereocenters. The molecule has 0 spiro atoms. The Morgan fingerprint density at radius 1 is 1.07 bits per heavy atom. The fourth-order valence-corrected chi connectivity index (χ4v) is 2.87. The number of nitrogens with zero attached hydrogens (tertiary/aromatic N) is 2. The SMILES string of the molecule is CCCCOc1ccc(C(=O)Nc2c(C)nn(-c3ccccc3)c2C)cc1. The van der Waals surface area contributed by atoms with Gasteiger partial charge in [0.05, 0.1) is 29.4 Å². The Hall–Kier alpha value is -3.08. The monoisotopic (exact) mass is 363 g/mol. The first kappa shape index (κ1) is 18.7. The number of para-hydroxylation sites is 1. The minimum absolute atomic E-state index is 0.158. The van der Waals surface area contributed by atoms with Gasteiger partial charge in [-0.05, 0) is 56.7 Å². The number of amides is 1. The van der Waals surface area contributed by atoms with Gasteiger partial charge in [0.2, 0.25) is 0 Å². The van der Waals surface area contributed by atoms with Crippen LogP contribution in [0.25, 0.3) is 5.69 Å². The highest BCUT2D eigenvalue weighted by Gasteiger charge is 2.16. The number of nitrogens with one attached hydrogen (secondary N) is 1. The van der Waals surface area contributed by atoms with Crippen LogP contribution >= 0.6 is 0 Å². The summed E-state index contributed by atoms with van der Waals surface area (Å²) in [5, 5.41) is 7.56. The number of rotatable bonds is 7. The molecule has 5 heteroatoms. The van der Waals surface area contributed by atoms with Crippen molar-refractivity contribution in [3.63, 3.8) is 0 Å². The van der Waals surface area contributed by atoms with Gasteiger partial charge in [-0.3, -0.25) is 4.79 Å². The van der Waals surface area contributed by atoms with Crippen LogP contribution in [-0.4, -0.2) is 22.3 Å². The van der Waals surface area contributed by atoms with E-state index >= 15 is 0 Å². The van der Waals surface area contributed by atoms with Gasteiger partial charge >= 0.3 is 0 Å². The summed E-state index contributed by atoms with van der Waals surface area (Å²) in [5.74, 6) is 0.623. The average Bonchev–Trinajstić information content (AvgIpc) is 2.97. The lowest BCUT2D eigenvalue weighted by molar-refractivity contribution is 0.102. The van der Waals surface area contributed by atoms with Crippen LogP contribution in [0.4, 0.5) is 5.69 Å². The second-order valence-electron chi connectivity index (χ2n) is 6.47. The second kappa shape index (κ2) is 8.54.